The van der Waals surface area contributed by atoms with Crippen molar-refractivity contribution in [2.45, 2.75) is 32.4 Å². The van der Waals surface area contributed by atoms with E-state index in [-0.39, 0.29) is 6.04 Å². The van der Waals surface area contributed by atoms with Gasteiger partial charge in [0.25, 0.3) is 0 Å². The summed E-state index contributed by atoms with van der Waals surface area (Å²) in [6, 6.07) is 5.81. The van der Waals surface area contributed by atoms with Crippen LogP contribution in [0.25, 0.3) is 32.3 Å². The molecule has 2 aromatic heterocycles. The smallest absolute Gasteiger partial charge is 0.136 e. The van der Waals surface area contributed by atoms with Crippen molar-refractivity contribution >= 4 is 21.9 Å². The molecular weight excluding hydrogens is 254 g/mol. The van der Waals surface area contributed by atoms with Gasteiger partial charge in [0.05, 0.1) is 30.6 Å². The van der Waals surface area contributed by atoms with Gasteiger partial charge < -0.3 is 4.42 Å². The van der Waals surface area contributed by atoms with Gasteiger partial charge in [0.1, 0.15) is 5.58 Å². The van der Waals surface area contributed by atoms with Crippen LogP contribution in [-0.2, 0) is 6.54 Å². The molecule has 0 radical (unpaired) electrons. The molecule has 20 heavy (non-hydrogen) atoms. The molecule has 1 aromatic carbocycles. The van der Waals surface area contributed by atoms with Crippen molar-refractivity contribution in [3.8, 4) is 0 Å². The maximum absolute atomic E-state index is 8.66. The van der Waals surface area contributed by atoms with E-state index in [0.717, 1.165) is 34.7 Å². The molecule has 0 spiro atoms. The van der Waals surface area contributed by atoms with E-state index in [4.69, 9.17) is 9.95 Å². The van der Waals surface area contributed by atoms with Gasteiger partial charge in [-0.2, -0.15) is 5.10 Å². The lowest BCUT2D eigenvalue weighted by Gasteiger charge is -2.11. The van der Waals surface area contributed by atoms with E-state index in [1.165, 1.54) is 0 Å². The minimum Gasteiger partial charge on any atom is -0.464 e. The van der Waals surface area contributed by atoms with Crippen LogP contribution < -0.4 is 0 Å². The highest BCUT2D eigenvalue weighted by atomic mass is 16.3. The van der Waals surface area contributed by atoms with Crippen molar-refractivity contribution in [1.82, 2.24) is 9.78 Å². The Morgan fingerprint density at radius 1 is 1.45 bits per heavy atom. The average molecular weight is 269 g/mol. The summed E-state index contributed by atoms with van der Waals surface area (Å²) in [6.07, 6.45) is 5.34. The average Bonchev–Trinajstić information content (AvgIpc) is 3.05. The molecule has 1 unspecified atom stereocenters. The number of furan rings is 1. The van der Waals surface area contributed by atoms with E-state index < -0.39 is 0 Å². The Morgan fingerprint density at radius 2 is 2.35 bits per heavy atom. The van der Waals surface area contributed by atoms with Crippen molar-refractivity contribution in [3.63, 3.8) is 0 Å². The summed E-state index contributed by atoms with van der Waals surface area (Å²) < 4.78 is 7.33. The van der Waals surface area contributed by atoms with Crippen molar-refractivity contribution in [2.75, 3.05) is 0 Å². The zero-order chi connectivity index (χ0) is 13.9. The predicted molar refractivity (Wildman–Crippen MR) is 77.3 cm³/mol. The first-order chi connectivity index (χ1) is 9.83. The molecular formula is C14H15N5O. The zero-order valence-electron chi connectivity index (χ0n) is 11.2. The maximum Gasteiger partial charge on any atom is 0.136 e. The van der Waals surface area contributed by atoms with Crippen LogP contribution in [0.15, 0.2) is 40.2 Å². The Balaban J connectivity index is 2.06. The van der Waals surface area contributed by atoms with E-state index in [0.29, 0.717) is 6.54 Å². The van der Waals surface area contributed by atoms with Gasteiger partial charge in [-0.25, -0.2) is 0 Å². The van der Waals surface area contributed by atoms with Gasteiger partial charge in [0, 0.05) is 15.7 Å². The molecule has 1 atom stereocenters. The van der Waals surface area contributed by atoms with Crippen molar-refractivity contribution < 1.29 is 4.42 Å². The molecule has 102 valence electrons. The molecule has 0 N–H and O–H groups in total. The van der Waals surface area contributed by atoms with Crippen LogP contribution in [0.4, 0.5) is 0 Å². The van der Waals surface area contributed by atoms with Gasteiger partial charge in [0.15, 0.2) is 0 Å². The van der Waals surface area contributed by atoms with Crippen molar-refractivity contribution in [1.29, 1.82) is 0 Å². The molecule has 3 rings (SSSR count). The number of rotatable bonds is 5. The van der Waals surface area contributed by atoms with Crippen LogP contribution in [-0.4, -0.2) is 15.8 Å². The topological polar surface area (TPSA) is 79.7 Å². The fourth-order valence-corrected chi connectivity index (χ4v) is 2.56. The Kier molecular flexibility index (Phi) is 3.31. The second kappa shape index (κ2) is 5.27. The molecule has 0 aliphatic carbocycles. The Hall–Kier alpha value is -2.46. The first-order valence-electron chi connectivity index (χ1n) is 6.69. The molecule has 0 fully saturated rings. The summed E-state index contributed by atoms with van der Waals surface area (Å²) in [4.78, 5) is 2.93. The van der Waals surface area contributed by atoms with Crippen LogP contribution in [0.2, 0.25) is 0 Å². The molecule has 0 saturated carbocycles. The standard InChI is InChI=1S/C14H15N5O/c1-2-3-11(17-18-15)9-19-14-10(8-16-19)4-5-13-12(14)6-7-20-13/h4-8,11H,2-3,9H2,1H3. The minimum absolute atomic E-state index is 0.0738. The molecule has 0 saturated heterocycles. The van der Waals surface area contributed by atoms with E-state index >= 15 is 0 Å². The minimum atomic E-state index is -0.0738. The maximum atomic E-state index is 8.66. The lowest BCUT2D eigenvalue weighted by molar-refractivity contribution is 0.490. The highest BCUT2D eigenvalue weighted by Gasteiger charge is 2.13. The van der Waals surface area contributed by atoms with Crippen LogP contribution in [0.1, 0.15) is 19.8 Å². The third-order valence-corrected chi connectivity index (χ3v) is 3.45. The van der Waals surface area contributed by atoms with Gasteiger partial charge in [-0.15, -0.1) is 0 Å². The molecule has 0 amide bonds. The monoisotopic (exact) mass is 269 g/mol. The third-order valence-electron chi connectivity index (χ3n) is 3.45. The first-order valence-corrected chi connectivity index (χ1v) is 6.69. The molecule has 0 bridgehead atoms. The van der Waals surface area contributed by atoms with Gasteiger partial charge in [-0.05, 0) is 30.2 Å². The zero-order valence-corrected chi connectivity index (χ0v) is 11.2. The Morgan fingerprint density at radius 3 is 3.15 bits per heavy atom. The lowest BCUT2D eigenvalue weighted by atomic mass is 10.1. The van der Waals surface area contributed by atoms with Gasteiger partial charge >= 0.3 is 0 Å². The van der Waals surface area contributed by atoms with Gasteiger partial charge in [-0.3, -0.25) is 4.68 Å². The van der Waals surface area contributed by atoms with Crippen LogP contribution in [0.3, 0.4) is 0 Å². The SMILES string of the molecule is CCCC(Cn1ncc2ccc3occc3c21)N=[N+]=[N-]. The Labute approximate surface area is 115 Å². The van der Waals surface area contributed by atoms with Gasteiger partial charge in [-0.1, -0.05) is 18.5 Å². The molecule has 6 nitrogen and oxygen atoms in total. The van der Waals surface area contributed by atoms with E-state index in [9.17, 15) is 0 Å². The number of aromatic nitrogens is 2. The first kappa shape index (κ1) is 12.6. The summed E-state index contributed by atoms with van der Waals surface area (Å²) in [5.74, 6) is 0. The van der Waals surface area contributed by atoms with Crippen LogP contribution in [0.5, 0.6) is 0 Å². The summed E-state index contributed by atoms with van der Waals surface area (Å²) in [5, 5.41) is 10.4. The lowest BCUT2D eigenvalue weighted by Crippen LogP contribution is -2.14. The number of nitrogens with zero attached hydrogens (tertiary/aromatic N) is 5. The fourth-order valence-electron chi connectivity index (χ4n) is 2.56. The second-order valence-corrected chi connectivity index (χ2v) is 4.81. The molecule has 6 heteroatoms. The van der Waals surface area contributed by atoms with Crippen molar-refractivity contribution in [3.05, 3.63) is 41.1 Å². The molecule has 0 aliphatic rings. The molecule has 0 aliphatic heterocycles. The molecule has 3 aromatic rings. The molecule has 2 heterocycles. The van der Waals surface area contributed by atoms with Crippen LogP contribution in [0, 0.1) is 0 Å². The fraction of sp³-hybridized carbons (Fsp3) is 0.357. The summed E-state index contributed by atoms with van der Waals surface area (Å²) in [7, 11) is 0. The number of fused-ring (bicyclic) bond motifs is 3. The second-order valence-electron chi connectivity index (χ2n) is 4.81. The van der Waals surface area contributed by atoms with E-state index in [1.807, 2.05) is 29.1 Å². The summed E-state index contributed by atoms with van der Waals surface area (Å²) >= 11 is 0. The van der Waals surface area contributed by atoms with E-state index in [2.05, 4.69) is 22.0 Å². The Bertz CT molecular complexity index is 781. The number of hydrogen-bond donors (Lipinski definition) is 0. The largest absolute Gasteiger partial charge is 0.464 e. The predicted octanol–water partition coefficient (Wildman–Crippen LogP) is 4.26. The quantitative estimate of drug-likeness (QED) is 0.394. The number of azide groups is 1. The third kappa shape index (κ3) is 2.10. The number of hydrogen-bond acceptors (Lipinski definition) is 3. The highest BCUT2D eigenvalue weighted by molar-refractivity contribution is 6.03. The summed E-state index contributed by atoms with van der Waals surface area (Å²) in [5.41, 5.74) is 10.5. The summed E-state index contributed by atoms with van der Waals surface area (Å²) in [6.45, 7) is 2.67. The van der Waals surface area contributed by atoms with E-state index in [1.54, 1.807) is 6.26 Å². The normalized spacial score (nSPS) is 12.7. The highest BCUT2D eigenvalue weighted by Crippen LogP contribution is 2.26. The number of benzene rings is 1. The van der Waals surface area contributed by atoms with Crippen LogP contribution >= 0.6 is 0 Å². The van der Waals surface area contributed by atoms with Crippen molar-refractivity contribution in [2.24, 2.45) is 5.11 Å². The van der Waals surface area contributed by atoms with Gasteiger partial charge in [0.2, 0.25) is 0 Å².